The molecule has 2 atom stereocenters. The quantitative estimate of drug-likeness (QED) is 0.0778. The molecule has 8 nitrogen and oxygen atoms in total. The van der Waals surface area contributed by atoms with Crippen LogP contribution in [0.5, 0.6) is 0 Å². The number of sulfonamides is 1. The van der Waals surface area contributed by atoms with Crippen molar-refractivity contribution < 1.29 is 22.7 Å². The second-order valence-electron chi connectivity index (χ2n) is 15.2. The molecular formula is C47H51N3O5S. The lowest BCUT2D eigenvalue weighted by molar-refractivity contribution is -0.0242. The summed E-state index contributed by atoms with van der Waals surface area (Å²) >= 11 is 0. The van der Waals surface area contributed by atoms with Crippen molar-refractivity contribution in [2.24, 2.45) is 0 Å². The zero-order chi connectivity index (χ0) is 39.6. The van der Waals surface area contributed by atoms with Crippen molar-refractivity contribution in [2.45, 2.75) is 76.7 Å². The molecule has 0 aliphatic carbocycles. The molecule has 9 heteroatoms. The molecule has 0 saturated heterocycles. The molecule has 0 amide bonds. The maximum atomic E-state index is 13.9. The average molecular weight is 770 g/mol. The topological polar surface area (TPSA) is 99.5 Å². The molecule has 1 aromatic heterocycles. The van der Waals surface area contributed by atoms with E-state index in [9.17, 15) is 13.2 Å². The summed E-state index contributed by atoms with van der Waals surface area (Å²) in [6.45, 7) is 7.25. The predicted molar refractivity (Wildman–Crippen MR) is 222 cm³/mol. The monoisotopic (exact) mass is 769 g/mol. The van der Waals surface area contributed by atoms with Crippen LogP contribution in [-0.2, 0) is 37.9 Å². The Balaban J connectivity index is 1.23. The van der Waals surface area contributed by atoms with Crippen molar-refractivity contribution in [3.63, 3.8) is 0 Å². The molecule has 56 heavy (non-hydrogen) atoms. The van der Waals surface area contributed by atoms with Crippen molar-refractivity contribution >= 4 is 16.2 Å². The Hall–Kier alpha value is -5.51. The van der Waals surface area contributed by atoms with Crippen LogP contribution in [0.2, 0.25) is 0 Å². The van der Waals surface area contributed by atoms with E-state index >= 15 is 0 Å². The molecule has 0 aliphatic heterocycles. The smallest absolute Gasteiger partial charge is 0.430 e. The molecule has 6 aromatic rings. The van der Waals surface area contributed by atoms with Crippen molar-refractivity contribution in [3.05, 3.63) is 197 Å². The average Bonchev–Trinajstić information content (AvgIpc) is 3.65. The van der Waals surface area contributed by atoms with E-state index in [-0.39, 0.29) is 6.42 Å². The third-order valence-electron chi connectivity index (χ3n) is 9.70. The van der Waals surface area contributed by atoms with Gasteiger partial charge in [-0.05, 0) is 81.2 Å². The molecule has 5 aromatic carbocycles. The van der Waals surface area contributed by atoms with Crippen molar-refractivity contribution in [1.29, 1.82) is 0 Å². The molecule has 0 saturated carbocycles. The maximum Gasteiger partial charge on any atom is 0.509 e. The van der Waals surface area contributed by atoms with Gasteiger partial charge < -0.3 is 14.0 Å². The van der Waals surface area contributed by atoms with Gasteiger partial charge in [-0.15, -0.1) is 0 Å². The van der Waals surface area contributed by atoms with E-state index in [1.54, 1.807) is 20.8 Å². The number of benzene rings is 5. The second-order valence-corrected chi connectivity index (χ2v) is 17.0. The zero-order valence-corrected chi connectivity index (χ0v) is 33.4. The largest absolute Gasteiger partial charge is 0.509 e. The number of ether oxygens (including phenoxy) is 2. The van der Waals surface area contributed by atoms with E-state index in [1.807, 2.05) is 122 Å². The Morgan fingerprint density at radius 3 is 1.79 bits per heavy atom. The Kier molecular flexibility index (Phi) is 12.9. The van der Waals surface area contributed by atoms with E-state index < -0.39 is 45.2 Å². The van der Waals surface area contributed by atoms with Crippen LogP contribution in [0, 0.1) is 6.92 Å². The number of rotatable bonds is 16. The highest BCUT2D eigenvalue weighted by atomic mass is 32.2. The number of carbonyl (C=O) groups excluding carboxylic acids is 1. The number of hydrogen-bond donors (Lipinski definition) is 1. The molecule has 1 heterocycles. The zero-order valence-electron chi connectivity index (χ0n) is 32.5. The number of aryl methyl sites for hydroxylation is 2. The number of nitrogens with one attached hydrogen (secondary N) is 1. The molecule has 0 fully saturated rings. The number of imidazole rings is 1. The predicted octanol–water partition coefficient (Wildman–Crippen LogP) is 9.58. The third kappa shape index (κ3) is 10.4. The molecule has 0 radical (unpaired) electrons. The van der Waals surface area contributed by atoms with Gasteiger partial charge in [-0.3, -0.25) is 0 Å². The lowest BCUT2D eigenvalue weighted by Gasteiger charge is -2.37. The highest BCUT2D eigenvalue weighted by molar-refractivity contribution is 7.89. The van der Waals surface area contributed by atoms with Crippen LogP contribution < -0.4 is 4.72 Å². The Morgan fingerprint density at radius 1 is 0.750 bits per heavy atom. The van der Waals surface area contributed by atoms with E-state index in [2.05, 4.69) is 51.9 Å². The molecule has 290 valence electrons. The van der Waals surface area contributed by atoms with Crippen LogP contribution in [0.25, 0.3) is 0 Å². The number of hydrogen-bond acceptors (Lipinski definition) is 6. The van der Waals surface area contributed by atoms with Gasteiger partial charge in [0.05, 0.1) is 18.1 Å². The lowest BCUT2D eigenvalue weighted by atomic mass is 9.77. The summed E-state index contributed by atoms with van der Waals surface area (Å²) in [7, 11) is -3.95. The first-order chi connectivity index (χ1) is 26.9. The van der Waals surface area contributed by atoms with Gasteiger partial charge in [0, 0.05) is 6.20 Å². The second kappa shape index (κ2) is 18.0. The van der Waals surface area contributed by atoms with Crippen LogP contribution in [0.4, 0.5) is 4.79 Å². The fraction of sp³-hybridized carbons (Fsp3) is 0.277. The summed E-state index contributed by atoms with van der Waals surface area (Å²) in [5.41, 5.74) is 5.55. The summed E-state index contributed by atoms with van der Waals surface area (Å²) in [5.74, 6) is -0.420. The highest BCUT2D eigenvalue weighted by Gasteiger charge is 2.38. The van der Waals surface area contributed by atoms with Crippen LogP contribution in [0.3, 0.4) is 0 Å². The number of aromatic nitrogens is 2. The summed E-state index contributed by atoms with van der Waals surface area (Å²) in [6.07, 6.45) is 3.84. The molecule has 6 rings (SSSR count). The first kappa shape index (κ1) is 40.2. The van der Waals surface area contributed by atoms with Crippen molar-refractivity contribution in [3.8, 4) is 0 Å². The fourth-order valence-electron chi connectivity index (χ4n) is 7.14. The van der Waals surface area contributed by atoms with Gasteiger partial charge in [0.1, 0.15) is 23.0 Å². The summed E-state index contributed by atoms with van der Waals surface area (Å²) in [6, 6.07) is 48.2. The molecule has 0 aliphatic rings. The van der Waals surface area contributed by atoms with E-state index in [0.717, 1.165) is 39.1 Å². The van der Waals surface area contributed by atoms with Crippen LogP contribution in [0.15, 0.2) is 158 Å². The van der Waals surface area contributed by atoms with Gasteiger partial charge >= 0.3 is 6.16 Å². The molecule has 2 unspecified atom stereocenters. The van der Waals surface area contributed by atoms with E-state index in [4.69, 9.17) is 14.5 Å². The van der Waals surface area contributed by atoms with Crippen LogP contribution in [0.1, 0.15) is 78.7 Å². The molecule has 0 bridgehead atoms. The van der Waals surface area contributed by atoms with Gasteiger partial charge in [-0.25, -0.2) is 22.9 Å². The van der Waals surface area contributed by atoms with Gasteiger partial charge in [0.2, 0.25) is 10.0 Å². The van der Waals surface area contributed by atoms with E-state index in [1.165, 1.54) is 0 Å². The molecule has 0 spiro atoms. The van der Waals surface area contributed by atoms with Crippen molar-refractivity contribution in [2.75, 3.05) is 5.75 Å². The summed E-state index contributed by atoms with van der Waals surface area (Å²) < 4.78 is 44.1. The highest BCUT2D eigenvalue weighted by Crippen LogP contribution is 2.41. The Labute approximate surface area is 331 Å². The standard InChI is InChI=1S/C47H51N3O5S/c1-36-28-30-37(31-29-36)32-44(38-18-9-5-10-19-38)49-56(52,53)34-43(54-45(51)55-46(2,3)4)27-17-26-42-33-50(35-48-42)47(39-20-11-6-12-21-39,40-22-13-7-14-23-40)41-24-15-8-16-25-41/h5-16,18-25,28-31,33,35,43-44,49H,17,26-27,32,34H2,1-4H3. The fourth-order valence-corrected chi connectivity index (χ4v) is 8.61. The van der Waals surface area contributed by atoms with Crippen molar-refractivity contribution in [1.82, 2.24) is 14.3 Å². The van der Waals surface area contributed by atoms with Gasteiger partial charge in [0.25, 0.3) is 0 Å². The summed E-state index contributed by atoms with van der Waals surface area (Å²) in [5, 5.41) is 0. The first-order valence-corrected chi connectivity index (χ1v) is 20.8. The summed E-state index contributed by atoms with van der Waals surface area (Å²) in [4.78, 5) is 17.8. The van der Waals surface area contributed by atoms with Gasteiger partial charge in [-0.2, -0.15) is 0 Å². The number of carbonyl (C=O) groups is 1. The molecular weight excluding hydrogens is 719 g/mol. The SMILES string of the molecule is Cc1ccc(CC(NS(=O)(=O)CC(CCCc2cn(C(c3ccccc3)(c3ccccc3)c3ccccc3)cn2)OC(=O)OC(C)(C)C)c2ccccc2)cc1. The Morgan fingerprint density at radius 2 is 1.27 bits per heavy atom. The van der Waals surface area contributed by atoms with Gasteiger partial charge in [-0.1, -0.05) is 151 Å². The molecule has 1 N–H and O–H groups in total. The minimum Gasteiger partial charge on any atom is -0.430 e. The third-order valence-corrected chi connectivity index (χ3v) is 11.2. The van der Waals surface area contributed by atoms with Crippen LogP contribution >= 0.6 is 0 Å². The van der Waals surface area contributed by atoms with E-state index in [0.29, 0.717) is 19.3 Å². The minimum absolute atomic E-state index is 0.280. The maximum absolute atomic E-state index is 13.9. The minimum atomic E-state index is -3.95. The van der Waals surface area contributed by atoms with Crippen LogP contribution in [-0.4, -0.2) is 41.6 Å². The lowest BCUT2D eigenvalue weighted by Crippen LogP contribution is -2.38. The number of nitrogens with zero attached hydrogens (tertiary/aromatic N) is 2. The normalized spacial score (nSPS) is 13.1. The first-order valence-electron chi connectivity index (χ1n) is 19.1. The Bertz CT molecular complexity index is 2140. The van der Waals surface area contributed by atoms with Gasteiger partial charge in [0.15, 0.2) is 0 Å².